The molecule has 0 aliphatic rings. The lowest BCUT2D eigenvalue weighted by Crippen LogP contribution is -2.28. The van der Waals surface area contributed by atoms with Crippen LogP contribution in [0.1, 0.15) is 43.8 Å². The number of aromatic nitrogens is 6. The number of halogens is 1. The molecule has 3 aromatic rings. The molecule has 0 spiro atoms. The normalized spacial score (nSPS) is 11.8. The van der Waals surface area contributed by atoms with E-state index in [0.717, 1.165) is 47.5 Å². The Labute approximate surface area is 156 Å². The average Bonchev–Trinajstić information content (AvgIpc) is 3.23. The SMILES string of the molecule is Cc1c(C)n2nnnc2c2nc(CCl)n(CCCCNC(=O)C(C)C)c12. The zero-order valence-corrected chi connectivity index (χ0v) is 16.3. The first kappa shape index (κ1) is 18.6. The summed E-state index contributed by atoms with van der Waals surface area (Å²) in [4.78, 5) is 16.3. The molecule has 140 valence electrons. The number of rotatable bonds is 7. The molecule has 0 saturated carbocycles. The fourth-order valence-electron chi connectivity index (χ4n) is 3.08. The Morgan fingerprint density at radius 1 is 1.27 bits per heavy atom. The van der Waals surface area contributed by atoms with Gasteiger partial charge < -0.3 is 9.88 Å². The highest BCUT2D eigenvalue weighted by Crippen LogP contribution is 2.26. The maximum absolute atomic E-state index is 11.6. The van der Waals surface area contributed by atoms with Crippen LogP contribution in [0.15, 0.2) is 0 Å². The number of fused-ring (bicyclic) bond motifs is 3. The van der Waals surface area contributed by atoms with Gasteiger partial charge in [-0.3, -0.25) is 4.79 Å². The van der Waals surface area contributed by atoms with E-state index in [4.69, 9.17) is 11.6 Å². The largest absolute Gasteiger partial charge is 0.356 e. The monoisotopic (exact) mass is 377 g/mol. The molecule has 0 aliphatic carbocycles. The van der Waals surface area contributed by atoms with Gasteiger partial charge in [0.25, 0.3) is 0 Å². The summed E-state index contributed by atoms with van der Waals surface area (Å²) in [5.41, 5.74) is 4.55. The first-order valence-corrected chi connectivity index (χ1v) is 9.39. The standard InChI is InChI=1S/C17H24ClN7O/c1-10(2)17(26)19-7-5-6-8-24-13(9-18)20-14-15(24)11(3)12(4)25-16(14)21-22-23-25/h10H,5-9H2,1-4H3,(H,19,26). The van der Waals surface area contributed by atoms with Crippen LogP contribution in [0.5, 0.6) is 0 Å². The van der Waals surface area contributed by atoms with Crippen LogP contribution in [0.25, 0.3) is 16.7 Å². The number of nitrogens with one attached hydrogen (secondary N) is 1. The summed E-state index contributed by atoms with van der Waals surface area (Å²) >= 11 is 6.14. The lowest BCUT2D eigenvalue weighted by molar-refractivity contribution is -0.123. The molecular weight excluding hydrogens is 354 g/mol. The summed E-state index contributed by atoms with van der Waals surface area (Å²) in [6.45, 7) is 9.30. The second-order valence-electron chi connectivity index (χ2n) is 6.79. The highest BCUT2D eigenvalue weighted by molar-refractivity contribution is 6.17. The molecule has 0 saturated heterocycles. The maximum atomic E-state index is 11.6. The molecule has 0 aliphatic heterocycles. The van der Waals surface area contributed by atoms with Crippen molar-refractivity contribution in [2.75, 3.05) is 6.54 Å². The van der Waals surface area contributed by atoms with E-state index in [1.54, 1.807) is 4.52 Å². The van der Waals surface area contributed by atoms with Gasteiger partial charge in [0.2, 0.25) is 11.6 Å². The van der Waals surface area contributed by atoms with Crippen molar-refractivity contribution in [3.63, 3.8) is 0 Å². The van der Waals surface area contributed by atoms with E-state index in [2.05, 4.69) is 37.3 Å². The summed E-state index contributed by atoms with van der Waals surface area (Å²) in [7, 11) is 0. The van der Waals surface area contributed by atoms with E-state index in [0.29, 0.717) is 18.1 Å². The molecule has 0 radical (unpaired) electrons. The summed E-state index contributed by atoms with van der Waals surface area (Å²) in [5.74, 6) is 1.24. The van der Waals surface area contributed by atoms with Crippen LogP contribution < -0.4 is 5.32 Å². The fraction of sp³-hybridized carbons (Fsp3) is 0.588. The summed E-state index contributed by atoms with van der Waals surface area (Å²) in [5, 5.41) is 14.9. The average molecular weight is 378 g/mol. The Morgan fingerprint density at radius 3 is 2.73 bits per heavy atom. The maximum Gasteiger partial charge on any atom is 0.222 e. The Kier molecular flexibility index (Phi) is 5.41. The van der Waals surface area contributed by atoms with Gasteiger partial charge in [0.1, 0.15) is 11.3 Å². The minimum atomic E-state index is 0.0141. The summed E-state index contributed by atoms with van der Waals surface area (Å²) < 4.78 is 3.87. The van der Waals surface area contributed by atoms with Crippen LogP contribution in [0, 0.1) is 19.8 Å². The Balaban J connectivity index is 1.84. The molecule has 3 rings (SSSR count). The molecule has 3 heterocycles. The van der Waals surface area contributed by atoms with E-state index >= 15 is 0 Å². The van der Waals surface area contributed by atoms with Crippen molar-refractivity contribution in [1.29, 1.82) is 0 Å². The zero-order valence-electron chi connectivity index (χ0n) is 15.6. The molecule has 1 N–H and O–H groups in total. The smallest absolute Gasteiger partial charge is 0.222 e. The number of aryl methyl sites for hydroxylation is 3. The number of nitrogens with zero attached hydrogens (tertiary/aromatic N) is 6. The predicted octanol–water partition coefficient (Wildman–Crippen LogP) is 2.38. The Bertz CT molecular complexity index is 944. The van der Waals surface area contributed by atoms with Crippen LogP contribution in [0.4, 0.5) is 0 Å². The molecule has 1 amide bonds. The highest BCUT2D eigenvalue weighted by atomic mass is 35.5. The van der Waals surface area contributed by atoms with Gasteiger partial charge in [-0.15, -0.1) is 16.7 Å². The van der Waals surface area contributed by atoms with E-state index < -0.39 is 0 Å². The Hall–Kier alpha value is -2.22. The van der Waals surface area contributed by atoms with Gasteiger partial charge in [-0.1, -0.05) is 13.8 Å². The molecule has 0 aromatic carbocycles. The number of pyridine rings is 1. The first-order chi connectivity index (χ1) is 12.5. The predicted molar refractivity (Wildman–Crippen MR) is 100 cm³/mol. The second kappa shape index (κ2) is 7.57. The second-order valence-corrected chi connectivity index (χ2v) is 7.06. The molecule has 8 nitrogen and oxygen atoms in total. The number of carbonyl (C=O) groups is 1. The number of amides is 1. The lowest BCUT2D eigenvalue weighted by Gasteiger charge is -2.12. The molecule has 0 fully saturated rings. The fourth-order valence-corrected chi connectivity index (χ4v) is 3.28. The van der Waals surface area contributed by atoms with Gasteiger partial charge in [0.05, 0.1) is 11.4 Å². The van der Waals surface area contributed by atoms with Crippen molar-refractivity contribution in [3.05, 3.63) is 17.1 Å². The van der Waals surface area contributed by atoms with Gasteiger partial charge in [-0.2, -0.15) is 4.52 Å². The first-order valence-electron chi connectivity index (χ1n) is 8.85. The molecule has 0 atom stereocenters. The van der Waals surface area contributed by atoms with Crippen LogP contribution in [-0.2, 0) is 17.2 Å². The van der Waals surface area contributed by atoms with Crippen molar-refractivity contribution >= 4 is 34.2 Å². The third-order valence-corrected chi connectivity index (χ3v) is 4.93. The third kappa shape index (κ3) is 3.25. The van der Waals surface area contributed by atoms with Crippen LogP contribution in [0.3, 0.4) is 0 Å². The number of carbonyl (C=O) groups excluding carboxylic acids is 1. The van der Waals surface area contributed by atoms with Gasteiger partial charge in [-0.25, -0.2) is 4.98 Å². The number of alkyl halides is 1. The van der Waals surface area contributed by atoms with Gasteiger partial charge >= 0.3 is 0 Å². The quantitative estimate of drug-likeness (QED) is 0.504. The summed E-state index contributed by atoms with van der Waals surface area (Å²) in [6, 6.07) is 0. The molecule has 0 bridgehead atoms. The highest BCUT2D eigenvalue weighted by Gasteiger charge is 2.19. The van der Waals surface area contributed by atoms with Crippen LogP contribution >= 0.6 is 11.6 Å². The number of hydrogen-bond donors (Lipinski definition) is 1. The van der Waals surface area contributed by atoms with E-state index in [1.807, 2.05) is 20.8 Å². The van der Waals surface area contributed by atoms with Crippen molar-refractivity contribution in [2.24, 2.45) is 5.92 Å². The van der Waals surface area contributed by atoms with E-state index in [1.165, 1.54) is 0 Å². The number of unbranched alkanes of at least 4 members (excludes halogenated alkanes) is 1. The molecule has 26 heavy (non-hydrogen) atoms. The number of hydrogen-bond acceptors (Lipinski definition) is 5. The van der Waals surface area contributed by atoms with E-state index in [-0.39, 0.29) is 11.8 Å². The van der Waals surface area contributed by atoms with Crippen molar-refractivity contribution in [3.8, 4) is 0 Å². The topological polar surface area (TPSA) is 90.0 Å². The minimum Gasteiger partial charge on any atom is -0.356 e. The molecule has 0 unspecified atom stereocenters. The van der Waals surface area contributed by atoms with Gasteiger partial charge in [0, 0.05) is 24.7 Å². The van der Waals surface area contributed by atoms with Crippen molar-refractivity contribution < 1.29 is 4.79 Å². The minimum absolute atomic E-state index is 0.0141. The summed E-state index contributed by atoms with van der Waals surface area (Å²) in [6.07, 6.45) is 1.81. The lowest BCUT2D eigenvalue weighted by atomic mass is 10.2. The van der Waals surface area contributed by atoms with Gasteiger partial charge in [-0.05, 0) is 42.7 Å². The van der Waals surface area contributed by atoms with Crippen LogP contribution in [0.2, 0.25) is 0 Å². The van der Waals surface area contributed by atoms with Crippen LogP contribution in [-0.4, -0.2) is 42.0 Å². The molecular formula is C17H24ClN7O. The van der Waals surface area contributed by atoms with Crippen molar-refractivity contribution in [1.82, 2.24) is 34.9 Å². The number of tetrazole rings is 1. The zero-order chi connectivity index (χ0) is 18.8. The van der Waals surface area contributed by atoms with Crippen molar-refractivity contribution in [2.45, 2.75) is 53.0 Å². The van der Waals surface area contributed by atoms with E-state index in [9.17, 15) is 4.79 Å². The number of imidazole rings is 1. The molecule has 3 aromatic heterocycles. The Morgan fingerprint density at radius 2 is 2.04 bits per heavy atom. The van der Waals surface area contributed by atoms with Gasteiger partial charge in [0.15, 0.2) is 0 Å². The molecule has 9 heteroatoms. The third-order valence-electron chi connectivity index (χ3n) is 4.70.